The minimum atomic E-state index is -1.13. The fraction of sp³-hybridized carbons (Fsp3) is 0.500. The first-order valence-corrected chi connectivity index (χ1v) is 4.96. The van der Waals surface area contributed by atoms with Gasteiger partial charge in [0.05, 0.1) is 11.9 Å². The number of carboxylic acid groups (broad SMARTS) is 1. The molecular weight excluding hydrogens is 210 g/mol. The average molecular weight is 225 g/mol. The summed E-state index contributed by atoms with van der Waals surface area (Å²) in [5.41, 5.74) is -0.629. The van der Waals surface area contributed by atoms with Crippen LogP contribution < -0.4 is 5.32 Å². The maximum atomic E-state index is 11.1. The Bertz CT molecular complexity index is 409. The highest BCUT2D eigenvalue weighted by molar-refractivity contribution is 5.90. The van der Waals surface area contributed by atoms with Gasteiger partial charge in [0.1, 0.15) is 0 Å². The lowest BCUT2D eigenvalue weighted by molar-refractivity contribution is -0.146. The minimum absolute atomic E-state index is 0.132. The van der Waals surface area contributed by atoms with Crippen LogP contribution in [0.1, 0.15) is 27.2 Å². The van der Waals surface area contributed by atoms with Crippen LogP contribution in [0.25, 0.3) is 0 Å². The Kier molecular flexibility index (Phi) is 3.31. The van der Waals surface area contributed by atoms with Gasteiger partial charge in [-0.25, -0.2) is 4.79 Å². The lowest BCUT2D eigenvalue weighted by Gasteiger charge is -2.19. The summed E-state index contributed by atoms with van der Waals surface area (Å²) in [6.07, 6.45) is 3.30. The number of carboxylic acids is 1. The Labute approximate surface area is 93.3 Å². The number of carbonyl (C=O) groups is 2. The molecule has 0 saturated carbocycles. The molecule has 1 rings (SSSR count). The molecule has 2 N–H and O–H groups in total. The lowest BCUT2D eigenvalue weighted by Crippen LogP contribution is -2.35. The van der Waals surface area contributed by atoms with Crippen LogP contribution in [0.15, 0.2) is 12.4 Å². The molecule has 0 radical (unpaired) electrons. The molecule has 0 fully saturated rings. The summed E-state index contributed by atoms with van der Waals surface area (Å²) in [6, 6.07) is 0. The molecule has 88 valence electrons. The topological polar surface area (TPSA) is 84.2 Å². The Balaban J connectivity index is 2.87. The van der Waals surface area contributed by atoms with Gasteiger partial charge in [0.25, 0.3) is 0 Å². The van der Waals surface area contributed by atoms with E-state index in [0.717, 1.165) is 0 Å². The van der Waals surface area contributed by atoms with Crippen LogP contribution in [0.2, 0.25) is 0 Å². The highest BCUT2D eigenvalue weighted by Crippen LogP contribution is 2.17. The number of aromatic nitrogens is 2. The second-order valence-corrected chi connectivity index (χ2v) is 3.94. The third-order valence-electron chi connectivity index (χ3n) is 2.28. The van der Waals surface area contributed by atoms with Crippen LogP contribution in [-0.4, -0.2) is 26.8 Å². The summed E-state index contributed by atoms with van der Waals surface area (Å²) in [7, 11) is 0. The van der Waals surface area contributed by atoms with Gasteiger partial charge >= 0.3 is 5.97 Å². The van der Waals surface area contributed by atoms with E-state index in [1.807, 2.05) is 0 Å². The Morgan fingerprint density at radius 1 is 1.56 bits per heavy atom. The second kappa shape index (κ2) is 4.34. The van der Waals surface area contributed by atoms with E-state index in [-0.39, 0.29) is 5.91 Å². The molecule has 0 aliphatic carbocycles. The molecule has 0 aliphatic heterocycles. The lowest BCUT2D eigenvalue weighted by atomic mass is 10.1. The maximum Gasteiger partial charge on any atom is 0.331 e. The predicted molar refractivity (Wildman–Crippen MR) is 58.1 cm³/mol. The number of hydrogen-bond acceptors (Lipinski definition) is 3. The summed E-state index contributed by atoms with van der Waals surface area (Å²) >= 11 is 0. The summed E-state index contributed by atoms with van der Waals surface area (Å²) < 4.78 is 1.31. The van der Waals surface area contributed by atoms with Crippen LogP contribution in [0.5, 0.6) is 0 Å². The van der Waals surface area contributed by atoms with Gasteiger partial charge in [0, 0.05) is 12.6 Å². The van der Waals surface area contributed by atoms with Gasteiger partial charge in [0.15, 0.2) is 5.54 Å². The second-order valence-electron chi connectivity index (χ2n) is 3.94. The van der Waals surface area contributed by atoms with E-state index >= 15 is 0 Å². The Hall–Kier alpha value is -1.85. The standard InChI is InChI=1S/C10H15N3O3/c1-4-8(14)12-7-5-11-13(6-7)10(2,3)9(15)16/h5-6H,4H2,1-3H3,(H,12,14)(H,15,16). The number of amides is 1. The van der Waals surface area contributed by atoms with E-state index in [4.69, 9.17) is 5.11 Å². The average Bonchev–Trinajstić information content (AvgIpc) is 2.66. The van der Waals surface area contributed by atoms with Gasteiger partial charge in [-0.15, -0.1) is 0 Å². The van der Waals surface area contributed by atoms with Crippen LogP contribution >= 0.6 is 0 Å². The van der Waals surface area contributed by atoms with Crippen LogP contribution in [0.4, 0.5) is 5.69 Å². The van der Waals surface area contributed by atoms with Gasteiger partial charge in [-0.2, -0.15) is 5.10 Å². The number of rotatable bonds is 4. The molecule has 16 heavy (non-hydrogen) atoms. The summed E-state index contributed by atoms with van der Waals surface area (Å²) in [4.78, 5) is 22.1. The first-order valence-electron chi connectivity index (χ1n) is 4.96. The van der Waals surface area contributed by atoms with E-state index in [0.29, 0.717) is 12.1 Å². The first-order chi connectivity index (χ1) is 7.37. The molecule has 0 bridgehead atoms. The number of hydrogen-bond donors (Lipinski definition) is 2. The van der Waals surface area contributed by atoms with Gasteiger partial charge in [-0.05, 0) is 13.8 Å². The van der Waals surface area contributed by atoms with Crippen molar-refractivity contribution in [3.63, 3.8) is 0 Å². The fourth-order valence-electron chi connectivity index (χ4n) is 1.04. The molecule has 0 aliphatic rings. The molecule has 6 nitrogen and oxygen atoms in total. The van der Waals surface area contributed by atoms with Crippen molar-refractivity contribution in [1.82, 2.24) is 9.78 Å². The molecule has 1 amide bonds. The number of nitrogens with one attached hydrogen (secondary N) is 1. The Morgan fingerprint density at radius 2 is 2.19 bits per heavy atom. The van der Waals surface area contributed by atoms with E-state index in [1.54, 1.807) is 6.92 Å². The van der Waals surface area contributed by atoms with Crippen molar-refractivity contribution in [3.05, 3.63) is 12.4 Å². The maximum absolute atomic E-state index is 11.1. The van der Waals surface area contributed by atoms with Crippen molar-refractivity contribution in [1.29, 1.82) is 0 Å². The zero-order chi connectivity index (χ0) is 12.3. The molecule has 1 aromatic rings. The van der Waals surface area contributed by atoms with Gasteiger partial charge in [-0.3, -0.25) is 9.48 Å². The normalized spacial score (nSPS) is 11.2. The molecule has 0 spiro atoms. The highest BCUT2D eigenvalue weighted by atomic mass is 16.4. The monoisotopic (exact) mass is 225 g/mol. The van der Waals surface area contributed by atoms with Crippen molar-refractivity contribution in [2.24, 2.45) is 0 Å². The Morgan fingerprint density at radius 3 is 2.69 bits per heavy atom. The molecule has 0 unspecified atom stereocenters. The molecule has 1 heterocycles. The summed E-state index contributed by atoms with van der Waals surface area (Å²) in [5.74, 6) is -1.11. The smallest absolute Gasteiger partial charge is 0.331 e. The van der Waals surface area contributed by atoms with Gasteiger partial charge in [0.2, 0.25) is 5.91 Å². The SMILES string of the molecule is CCC(=O)Nc1cnn(C(C)(C)C(=O)O)c1. The van der Waals surface area contributed by atoms with Crippen molar-refractivity contribution in [2.75, 3.05) is 5.32 Å². The van der Waals surface area contributed by atoms with E-state index < -0.39 is 11.5 Å². The largest absolute Gasteiger partial charge is 0.479 e. The molecule has 0 atom stereocenters. The van der Waals surface area contributed by atoms with E-state index in [9.17, 15) is 9.59 Å². The molecule has 0 saturated heterocycles. The van der Waals surface area contributed by atoms with Crippen molar-refractivity contribution in [3.8, 4) is 0 Å². The zero-order valence-electron chi connectivity index (χ0n) is 9.52. The number of anilines is 1. The third-order valence-corrected chi connectivity index (χ3v) is 2.28. The zero-order valence-corrected chi connectivity index (χ0v) is 9.52. The van der Waals surface area contributed by atoms with Gasteiger partial charge < -0.3 is 10.4 Å². The van der Waals surface area contributed by atoms with E-state index in [1.165, 1.54) is 30.9 Å². The van der Waals surface area contributed by atoms with Crippen molar-refractivity contribution < 1.29 is 14.7 Å². The predicted octanol–water partition coefficient (Wildman–Crippen LogP) is 1.05. The van der Waals surface area contributed by atoms with Crippen molar-refractivity contribution >= 4 is 17.6 Å². The molecule has 0 aromatic carbocycles. The van der Waals surface area contributed by atoms with Crippen LogP contribution in [-0.2, 0) is 15.1 Å². The summed E-state index contributed by atoms with van der Waals surface area (Å²) in [5, 5.41) is 15.5. The number of carbonyl (C=O) groups excluding carboxylic acids is 1. The van der Waals surface area contributed by atoms with Crippen LogP contribution in [0.3, 0.4) is 0 Å². The summed E-state index contributed by atoms with van der Waals surface area (Å²) in [6.45, 7) is 4.81. The van der Waals surface area contributed by atoms with E-state index in [2.05, 4.69) is 10.4 Å². The molecule has 6 heteroatoms. The number of aliphatic carboxylic acids is 1. The van der Waals surface area contributed by atoms with Crippen LogP contribution in [0, 0.1) is 0 Å². The first kappa shape index (κ1) is 12.2. The fourth-order valence-corrected chi connectivity index (χ4v) is 1.04. The van der Waals surface area contributed by atoms with Gasteiger partial charge in [-0.1, -0.05) is 6.92 Å². The van der Waals surface area contributed by atoms with Crippen molar-refractivity contribution in [2.45, 2.75) is 32.7 Å². The number of nitrogens with zero attached hydrogens (tertiary/aromatic N) is 2. The third kappa shape index (κ3) is 2.39. The highest BCUT2D eigenvalue weighted by Gasteiger charge is 2.30. The molecule has 1 aromatic heterocycles. The quantitative estimate of drug-likeness (QED) is 0.802. The molecular formula is C10H15N3O3. The minimum Gasteiger partial charge on any atom is -0.479 e.